The highest BCUT2D eigenvalue weighted by atomic mass is 35.5. The Bertz CT molecular complexity index is 1010. The first-order chi connectivity index (χ1) is 10.8. The van der Waals surface area contributed by atoms with Gasteiger partial charge in [-0.1, -0.05) is 29.8 Å². The van der Waals surface area contributed by atoms with Gasteiger partial charge in [-0.2, -0.15) is 5.10 Å². The predicted octanol–water partition coefficient (Wildman–Crippen LogP) is 3.11. The first-order valence-corrected chi connectivity index (χ1v) is 8.87. The van der Waals surface area contributed by atoms with Gasteiger partial charge in [-0.15, -0.1) is 0 Å². The van der Waals surface area contributed by atoms with Crippen molar-refractivity contribution in [3.05, 3.63) is 47.0 Å². The van der Waals surface area contributed by atoms with Gasteiger partial charge in [0.1, 0.15) is 5.52 Å². The van der Waals surface area contributed by atoms with Gasteiger partial charge >= 0.3 is 0 Å². The maximum Gasteiger partial charge on any atom is 0.258 e. The van der Waals surface area contributed by atoms with E-state index in [1.165, 1.54) is 11.7 Å². The second-order valence-corrected chi connectivity index (χ2v) is 7.54. The van der Waals surface area contributed by atoms with Crippen molar-refractivity contribution in [1.82, 2.24) is 14.5 Å². The third-order valence-electron chi connectivity index (χ3n) is 3.81. The summed E-state index contributed by atoms with van der Waals surface area (Å²) >= 11 is 6.02. The van der Waals surface area contributed by atoms with E-state index in [1.54, 1.807) is 13.1 Å². The van der Waals surface area contributed by atoms with Crippen LogP contribution in [-0.4, -0.2) is 25.2 Å². The Morgan fingerprint density at radius 1 is 1.17 bits per heavy atom. The molecule has 0 spiro atoms. The molecule has 3 rings (SSSR count). The fourth-order valence-electron chi connectivity index (χ4n) is 2.76. The summed E-state index contributed by atoms with van der Waals surface area (Å²) in [5.41, 5.74) is 3.51. The van der Waals surface area contributed by atoms with Crippen LogP contribution in [0, 0.1) is 6.92 Å². The van der Waals surface area contributed by atoms with Crippen LogP contribution in [0.25, 0.3) is 22.0 Å². The minimum atomic E-state index is -3.60. The van der Waals surface area contributed by atoms with Gasteiger partial charge in [0.25, 0.3) is 10.0 Å². The molecule has 1 aromatic heterocycles. The predicted molar refractivity (Wildman–Crippen MR) is 92.1 cm³/mol. The van der Waals surface area contributed by atoms with Crippen molar-refractivity contribution in [3.63, 3.8) is 0 Å². The highest BCUT2D eigenvalue weighted by Crippen LogP contribution is 2.33. The first kappa shape index (κ1) is 16.0. The number of hydrogen-bond acceptors (Lipinski definition) is 3. The fourth-order valence-corrected chi connectivity index (χ4v) is 4.02. The molecule has 0 bridgehead atoms. The second-order valence-electron chi connectivity index (χ2n) is 5.30. The van der Waals surface area contributed by atoms with E-state index in [1.807, 2.05) is 37.3 Å². The number of fused-ring (bicyclic) bond motifs is 1. The van der Waals surface area contributed by atoms with Crippen LogP contribution in [0.5, 0.6) is 0 Å². The van der Waals surface area contributed by atoms with Gasteiger partial charge in [-0.3, -0.25) is 4.68 Å². The van der Waals surface area contributed by atoms with E-state index >= 15 is 0 Å². The molecule has 1 heterocycles. The molecule has 0 aliphatic carbocycles. The molecule has 1 N–H and O–H groups in total. The normalized spacial score (nSPS) is 12.0. The molecule has 0 aliphatic rings. The molecule has 5 nitrogen and oxygen atoms in total. The summed E-state index contributed by atoms with van der Waals surface area (Å²) in [5.74, 6) is 0. The Morgan fingerprint density at radius 2 is 1.91 bits per heavy atom. The van der Waals surface area contributed by atoms with E-state index in [0.717, 1.165) is 16.7 Å². The number of halogens is 1. The van der Waals surface area contributed by atoms with Gasteiger partial charge in [-0.25, -0.2) is 13.1 Å². The lowest BCUT2D eigenvalue weighted by atomic mass is 9.99. The van der Waals surface area contributed by atoms with E-state index in [-0.39, 0.29) is 5.03 Å². The average molecular weight is 350 g/mol. The molecule has 0 aliphatic heterocycles. The largest absolute Gasteiger partial charge is 0.258 e. The van der Waals surface area contributed by atoms with E-state index in [4.69, 9.17) is 11.6 Å². The van der Waals surface area contributed by atoms with Gasteiger partial charge in [0.05, 0.1) is 0 Å². The van der Waals surface area contributed by atoms with Crippen LogP contribution in [-0.2, 0) is 17.1 Å². The third kappa shape index (κ3) is 2.63. The summed E-state index contributed by atoms with van der Waals surface area (Å²) in [5, 5.41) is 5.84. The summed E-state index contributed by atoms with van der Waals surface area (Å²) < 4.78 is 28.3. The standard InChI is InChI=1S/C16H16ClN3O2S/c1-10-9-11(17)7-8-12(10)13-5-4-6-14-15(13)19-20(3)16(14)23(21,22)18-2/h4-9,18H,1-3H3. The van der Waals surface area contributed by atoms with Crippen LogP contribution in [0.1, 0.15) is 5.56 Å². The Kier molecular flexibility index (Phi) is 3.91. The van der Waals surface area contributed by atoms with Gasteiger partial charge in [0.2, 0.25) is 0 Å². The van der Waals surface area contributed by atoms with Crippen molar-refractivity contribution >= 4 is 32.5 Å². The molecular formula is C16H16ClN3O2S. The molecule has 0 fully saturated rings. The maximum absolute atomic E-state index is 12.3. The van der Waals surface area contributed by atoms with E-state index in [2.05, 4.69) is 9.82 Å². The minimum Gasteiger partial charge on any atom is -0.255 e. The number of rotatable bonds is 3. The Labute approximate surface area is 139 Å². The molecule has 3 aromatic rings. The lowest BCUT2D eigenvalue weighted by Crippen LogP contribution is -2.21. The molecular weight excluding hydrogens is 334 g/mol. The Morgan fingerprint density at radius 3 is 2.57 bits per heavy atom. The zero-order valence-corrected chi connectivity index (χ0v) is 14.5. The van der Waals surface area contributed by atoms with Crippen LogP contribution in [0.4, 0.5) is 0 Å². The SMILES string of the molecule is CNS(=O)(=O)c1c2cccc(-c3ccc(Cl)cc3C)c2nn1C. The topological polar surface area (TPSA) is 64.0 Å². The van der Waals surface area contributed by atoms with Crippen LogP contribution < -0.4 is 4.72 Å². The molecule has 0 amide bonds. The summed E-state index contributed by atoms with van der Waals surface area (Å²) in [6.07, 6.45) is 0. The molecule has 0 radical (unpaired) electrons. The number of aryl methyl sites for hydroxylation is 2. The Hall–Kier alpha value is -1.89. The van der Waals surface area contributed by atoms with Gasteiger partial charge in [0.15, 0.2) is 5.03 Å². The van der Waals surface area contributed by atoms with Crippen molar-refractivity contribution in [3.8, 4) is 11.1 Å². The molecule has 2 aromatic carbocycles. The van der Waals surface area contributed by atoms with Crippen molar-refractivity contribution in [2.24, 2.45) is 7.05 Å². The highest BCUT2D eigenvalue weighted by Gasteiger charge is 2.23. The van der Waals surface area contributed by atoms with Crippen LogP contribution in [0.15, 0.2) is 41.4 Å². The molecule has 23 heavy (non-hydrogen) atoms. The number of aromatic nitrogens is 2. The van der Waals surface area contributed by atoms with Gasteiger partial charge < -0.3 is 0 Å². The summed E-state index contributed by atoms with van der Waals surface area (Å²) in [6, 6.07) is 11.2. The molecule has 0 saturated carbocycles. The average Bonchev–Trinajstić information content (AvgIpc) is 2.84. The second kappa shape index (κ2) is 5.63. The number of sulfonamides is 1. The molecule has 7 heteroatoms. The number of benzene rings is 2. The van der Waals surface area contributed by atoms with Crippen molar-refractivity contribution in [1.29, 1.82) is 0 Å². The van der Waals surface area contributed by atoms with Crippen LogP contribution >= 0.6 is 11.6 Å². The van der Waals surface area contributed by atoms with Crippen molar-refractivity contribution in [2.75, 3.05) is 7.05 Å². The van der Waals surface area contributed by atoms with E-state index in [9.17, 15) is 8.42 Å². The summed E-state index contributed by atoms with van der Waals surface area (Å²) in [4.78, 5) is 0. The Balaban J connectivity index is 2.36. The third-order valence-corrected chi connectivity index (χ3v) is 5.58. The quantitative estimate of drug-likeness (QED) is 0.790. The zero-order chi connectivity index (χ0) is 16.8. The molecule has 0 unspecified atom stereocenters. The van der Waals surface area contributed by atoms with Crippen molar-refractivity contribution in [2.45, 2.75) is 11.9 Å². The maximum atomic E-state index is 12.3. The van der Waals surface area contributed by atoms with Crippen LogP contribution in [0.3, 0.4) is 0 Å². The van der Waals surface area contributed by atoms with E-state index < -0.39 is 10.0 Å². The highest BCUT2D eigenvalue weighted by molar-refractivity contribution is 7.89. The lowest BCUT2D eigenvalue weighted by Gasteiger charge is -2.07. The smallest absolute Gasteiger partial charge is 0.255 e. The number of nitrogens with zero attached hydrogens (tertiary/aromatic N) is 2. The zero-order valence-electron chi connectivity index (χ0n) is 13.0. The van der Waals surface area contributed by atoms with Crippen LogP contribution in [0.2, 0.25) is 5.02 Å². The summed E-state index contributed by atoms with van der Waals surface area (Å²) in [6.45, 7) is 1.97. The minimum absolute atomic E-state index is 0.156. The van der Waals surface area contributed by atoms with E-state index in [0.29, 0.717) is 15.9 Å². The number of hydrogen-bond donors (Lipinski definition) is 1. The number of nitrogens with one attached hydrogen (secondary N) is 1. The van der Waals surface area contributed by atoms with Gasteiger partial charge in [0, 0.05) is 23.0 Å². The van der Waals surface area contributed by atoms with Crippen molar-refractivity contribution < 1.29 is 8.42 Å². The monoisotopic (exact) mass is 349 g/mol. The molecule has 120 valence electrons. The fraction of sp³-hybridized carbons (Fsp3) is 0.188. The lowest BCUT2D eigenvalue weighted by molar-refractivity contribution is 0.571. The van der Waals surface area contributed by atoms with Gasteiger partial charge in [-0.05, 0) is 43.3 Å². The first-order valence-electron chi connectivity index (χ1n) is 7.01. The molecule has 0 atom stereocenters. The summed E-state index contributed by atoms with van der Waals surface area (Å²) in [7, 11) is -0.581. The molecule has 0 saturated heterocycles.